The number of carbonyl (C=O) groups excluding carboxylic acids is 1. The van der Waals surface area contributed by atoms with Crippen LogP contribution in [0.25, 0.3) is 5.65 Å². The molecule has 0 N–H and O–H groups in total. The number of fused-ring (bicyclic) bond motifs is 2. The van der Waals surface area contributed by atoms with Crippen molar-refractivity contribution in [1.29, 1.82) is 0 Å². The number of hydrogen-bond acceptors (Lipinski definition) is 2. The van der Waals surface area contributed by atoms with Crippen LogP contribution in [0.1, 0.15) is 28.2 Å². The number of rotatable bonds is 1. The lowest BCUT2D eigenvalue weighted by Crippen LogP contribution is -2.36. The lowest BCUT2D eigenvalue weighted by Gasteiger charge is -2.29. The number of anilines is 1. The summed E-state index contributed by atoms with van der Waals surface area (Å²) < 4.78 is 16.1. The van der Waals surface area contributed by atoms with Crippen molar-refractivity contribution in [3.8, 4) is 0 Å². The van der Waals surface area contributed by atoms with Gasteiger partial charge in [0.25, 0.3) is 5.91 Å². The van der Waals surface area contributed by atoms with Crippen LogP contribution in [-0.4, -0.2) is 21.8 Å². The van der Waals surface area contributed by atoms with Crippen LogP contribution in [0.2, 0.25) is 0 Å². The molecule has 23 heavy (non-hydrogen) atoms. The van der Waals surface area contributed by atoms with E-state index < -0.39 is 0 Å². The van der Waals surface area contributed by atoms with Gasteiger partial charge in [0.1, 0.15) is 17.2 Å². The van der Waals surface area contributed by atoms with Gasteiger partial charge in [-0.25, -0.2) is 9.37 Å². The van der Waals surface area contributed by atoms with Crippen molar-refractivity contribution in [1.82, 2.24) is 9.38 Å². The molecular formula is C18H16FN3O. The van der Waals surface area contributed by atoms with E-state index >= 15 is 0 Å². The van der Waals surface area contributed by atoms with Crippen LogP contribution < -0.4 is 4.90 Å². The second-order valence-electron chi connectivity index (χ2n) is 5.83. The van der Waals surface area contributed by atoms with Gasteiger partial charge in [0.15, 0.2) is 0 Å². The van der Waals surface area contributed by atoms with Crippen molar-refractivity contribution in [3.05, 3.63) is 65.4 Å². The molecule has 1 aliphatic heterocycles. The number of aryl methyl sites for hydroxylation is 2. The number of hydrogen-bond donors (Lipinski definition) is 0. The third-order valence-electron chi connectivity index (χ3n) is 4.33. The number of halogens is 1. The average Bonchev–Trinajstić information content (AvgIpc) is 3.00. The maximum absolute atomic E-state index is 14.2. The zero-order valence-electron chi connectivity index (χ0n) is 12.8. The van der Waals surface area contributed by atoms with Gasteiger partial charge < -0.3 is 9.30 Å². The molecule has 4 nitrogen and oxygen atoms in total. The largest absolute Gasteiger partial charge is 0.304 e. The van der Waals surface area contributed by atoms with Crippen molar-refractivity contribution in [2.45, 2.75) is 19.8 Å². The molecule has 0 unspecified atom stereocenters. The van der Waals surface area contributed by atoms with E-state index in [2.05, 4.69) is 4.98 Å². The Bertz CT molecular complexity index is 916. The van der Waals surface area contributed by atoms with E-state index in [1.165, 1.54) is 11.0 Å². The van der Waals surface area contributed by atoms with E-state index in [0.29, 0.717) is 17.9 Å². The highest BCUT2D eigenvalue weighted by Crippen LogP contribution is 2.31. The molecule has 1 amide bonds. The molecule has 0 aliphatic carbocycles. The van der Waals surface area contributed by atoms with Crippen molar-refractivity contribution in [2.75, 3.05) is 11.4 Å². The standard InChI is InChI=1S/C18H16FN3O/c1-12-5-2-9-16-20-15(11-22(12)16)18(23)21-10-4-7-13-6-3-8-14(19)17(13)21/h2-3,5-6,8-9,11H,4,7,10H2,1H3. The van der Waals surface area contributed by atoms with Crippen molar-refractivity contribution in [3.63, 3.8) is 0 Å². The minimum atomic E-state index is -0.351. The van der Waals surface area contributed by atoms with Gasteiger partial charge in [0.05, 0.1) is 5.69 Å². The molecule has 0 atom stereocenters. The minimum Gasteiger partial charge on any atom is -0.304 e. The molecule has 116 valence electrons. The highest BCUT2D eigenvalue weighted by molar-refractivity contribution is 6.05. The monoisotopic (exact) mass is 309 g/mol. The summed E-state index contributed by atoms with van der Waals surface area (Å²) in [6.45, 7) is 2.47. The predicted molar refractivity (Wildman–Crippen MR) is 86.3 cm³/mol. The molecule has 1 aromatic carbocycles. The summed E-state index contributed by atoms with van der Waals surface area (Å²) in [4.78, 5) is 18.8. The van der Waals surface area contributed by atoms with Gasteiger partial charge >= 0.3 is 0 Å². The van der Waals surface area contributed by atoms with Gasteiger partial charge in [-0.15, -0.1) is 0 Å². The van der Waals surface area contributed by atoms with Gasteiger partial charge in [0.2, 0.25) is 0 Å². The molecule has 0 fully saturated rings. The molecule has 0 bridgehead atoms. The number of aromatic nitrogens is 2. The second-order valence-corrected chi connectivity index (χ2v) is 5.83. The van der Waals surface area contributed by atoms with Gasteiger partial charge in [-0.05, 0) is 43.5 Å². The topological polar surface area (TPSA) is 37.6 Å². The number of benzene rings is 1. The molecule has 0 saturated carbocycles. The Kier molecular flexibility index (Phi) is 3.15. The van der Waals surface area contributed by atoms with Crippen LogP contribution in [0.5, 0.6) is 0 Å². The quantitative estimate of drug-likeness (QED) is 0.691. The number of nitrogens with zero attached hydrogens (tertiary/aromatic N) is 3. The van der Waals surface area contributed by atoms with Crippen LogP contribution in [0.15, 0.2) is 42.6 Å². The highest BCUT2D eigenvalue weighted by Gasteiger charge is 2.27. The maximum atomic E-state index is 14.2. The first-order valence-corrected chi connectivity index (χ1v) is 7.69. The van der Waals surface area contributed by atoms with Gasteiger partial charge in [-0.2, -0.15) is 0 Å². The van der Waals surface area contributed by atoms with Crippen LogP contribution in [0, 0.1) is 12.7 Å². The predicted octanol–water partition coefficient (Wildman–Crippen LogP) is 3.37. The van der Waals surface area contributed by atoms with Gasteiger partial charge in [-0.3, -0.25) is 4.79 Å². The second kappa shape index (κ2) is 5.19. The Morgan fingerprint density at radius 3 is 2.87 bits per heavy atom. The Hall–Kier alpha value is -2.69. The lowest BCUT2D eigenvalue weighted by molar-refractivity contribution is 0.0980. The van der Waals surface area contributed by atoms with Crippen LogP contribution in [0.4, 0.5) is 10.1 Å². The maximum Gasteiger partial charge on any atom is 0.278 e. The Morgan fingerprint density at radius 1 is 1.22 bits per heavy atom. The molecule has 0 saturated heterocycles. The number of pyridine rings is 1. The first-order chi connectivity index (χ1) is 11.1. The Balaban J connectivity index is 1.79. The van der Waals surface area contributed by atoms with E-state index in [4.69, 9.17) is 0 Å². The van der Waals surface area contributed by atoms with E-state index in [9.17, 15) is 9.18 Å². The summed E-state index contributed by atoms with van der Waals surface area (Å²) >= 11 is 0. The molecule has 4 rings (SSSR count). The smallest absolute Gasteiger partial charge is 0.278 e. The summed E-state index contributed by atoms with van der Waals surface area (Å²) in [6.07, 6.45) is 3.35. The minimum absolute atomic E-state index is 0.251. The lowest BCUT2D eigenvalue weighted by atomic mass is 10.0. The van der Waals surface area contributed by atoms with E-state index in [1.54, 1.807) is 12.3 Å². The molecule has 1 aliphatic rings. The average molecular weight is 309 g/mol. The molecular weight excluding hydrogens is 293 g/mol. The Labute approximate surface area is 133 Å². The normalized spacial score (nSPS) is 14.1. The third-order valence-corrected chi connectivity index (χ3v) is 4.33. The Morgan fingerprint density at radius 2 is 2.04 bits per heavy atom. The first-order valence-electron chi connectivity index (χ1n) is 7.69. The van der Waals surface area contributed by atoms with E-state index in [1.807, 2.05) is 35.6 Å². The van der Waals surface area contributed by atoms with Crippen LogP contribution >= 0.6 is 0 Å². The molecule has 3 heterocycles. The fourth-order valence-corrected chi connectivity index (χ4v) is 3.20. The van der Waals surface area contributed by atoms with Crippen LogP contribution in [0.3, 0.4) is 0 Å². The number of para-hydroxylation sites is 1. The van der Waals surface area contributed by atoms with Crippen molar-refractivity contribution in [2.24, 2.45) is 0 Å². The molecule has 3 aromatic rings. The van der Waals surface area contributed by atoms with Crippen molar-refractivity contribution < 1.29 is 9.18 Å². The molecule has 2 aromatic heterocycles. The SMILES string of the molecule is Cc1cccc2nc(C(=O)N3CCCc4cccc(F)c43)cn12. The third kappa shape index (κ3) is 2.20. The first kappa shape index (κ1) is 13.9. The van der Waals surface area contributed by atoms with E-state index in [-0.39, 0.29) is 11.7 Å². The van der Waals surface area contributed by atoms with E-state index in [0.717, 1.165) is 29.7 Å². The number of imidazole rings is 1. The zero-order valence-corrected chi connectivity index (χ0v) is 12.8. The summed E-state index contributed by atoms with van der Waals surface area (Å²) in [5.41, 5.74) is 3.34. The molecule has 0 radical (unpaired) electrons. The fourth-order valence-electron chi connectivity index (χ4n) is 3.20. The highest BCUT2D eigenvalue weighted by atomic mass is 19.1. The summed E-state index contributed by atoms with van der Waals surface area (Å²) in [7, 11) is 0. The zero-order chi connectivity index (χ0) is 16.0. The molecule has 5 heteroatoms. The fraction of sp³-hybridized carbons (Fsp3) is 0.222. The molecule has 0 spiro atoms. The number of carbonyl (C=O) groups is 1. The summed E-state index contributed by atoms with van der Waals surface area (Å²) in [5, 5.41) is 0. The number of amides is 1. The summed E-state index contributed by atoms with van der Waals surface area (Å²) in [6, 6.07) is 10.7. The van der Waals surface area contributed by atoms with Crippen LogP contribution in [-0.2, 0) is 6.42 Å². The van der Waals surface area contributed by atoms with Gasteiger partial charge in [0, 0.05) is 18.4 Å². The van der Waals surface area contributed by atoms with Gasteiger partial charge in [-0.1, -0.05) is 18.2 Å². The van der Waals surface area contributed by atoms with Crippen molar-refractivity contribution >= 4 is 17.2 Å². The summed E-state index contributed by atoms with van der Waals surface area (Å²) in [5.74, 6) is -0.602.